The molecular weight excluding hydrogens is 414 g/mol. The third-order valence-corrected chi connectivity index (χ3v) is 7.31. The number of aromatic amines is 1. The fourth-order valence-electron chi connectivity index (χ4n) is 4.12. The maximum atomic E-state index is 13.3. The number of nitrogens with zero attached hydrogens (tertiary/aromatic N) is 3. The van der Waals surface area contributed by atoms with Gasteiger partial charge >= 0.3 is 0 Å². The molecule has 0 amide bonds. The number of nitrogen functional groups attached to an aromatic ring is 1. The first-order chi connectivity index (χ1) is 14.9. The van der Waals surface area contributed by atoms with Crippen LogP contribution in [0.2, 0.25) is 0 Å². The first-order valence-electron chi connectivity index (χ1n) is 9.93. The molecule has 0 unspecified atom stereocenters. The molecule has 0 aliphatic carbocycles. The summed E-state index contributed by atoms with van der Waals surface area (Å²) in [5, 5.41) is 0.872. The van der Waals surface area contributed by atoms with E-state index in [9.17, 15) is 13.2 Å². The van der Waals surface area contributed by atoms with Gasteiger partial charge in [0.05, 0.1) is 21.7 Å². The van der Waals surface area contributed by atoms with Crippen molar-refractivity contribution < 1.29 is 8.42 Å². The van der Waals surface area contributed by atoms with E-state index < -0.39 is 10.0 Å². The Morgan fingerprint density at radius 3 is 2.61 bits per heavy atom. The van der Waals surface area contributed by atoms with Gasteiger partial charge in [0, 0.05) is 37.6 Å². The highest BCUT2D eigenvalue weighted by atomic mass is 32.2. The number of H-pyrrole nitrogens is 1. The van der Waals surface area contributed by atoms with E-state index in [1.807, 2.05) is 24.3 Å². The molecule has 2 aromatic carbocycles. The van der Waals surface area contributed by atoms with Crippen molar-refractivity contribution in [2.75, 3.05) is 12.3 Å². The van der Waals surface area contributed by atoms with Crippen LogP contribution in [0.3, 0.4) is 0 Å². The Morgan fingerprint density at radius 1 is 1.06 bits per heavy atom. The zero-order chi connectivity index (χ0) is 21.6. The Hall–Kier alpha value is -3.43. The maximum Gasteiger partial charge on any atom is 0.268 e. The van der Waals surface area contributed by atoms with E-state index in [-0.39, 0.29) is 16.4 Å². The highest BCUT2D eigenvalue weighted by Crippen LogP contribution is 2.28. The van der Waals surface area contributed by atoms with Crippen molar-refractivity contribution >= 4 is 26.9 Å². The van der Waals surface area contributed by atoms with Crippen molar-refractivity contribution in [1.82, 2.24) is 18.8 Å². The third-order valence-electron chi connectivity index (χ3n) is 5.62. The number of nitrogens with one attached hydrogen (secondary N) is 1. The van der Waals surface area contributed by atoms with Crippen molar-refractivity contribution in [2.24, 2.45) is 0 Å². The summed E-state index contributed by atoms with van der Waals surface area (Å²) in [6, 6.07) is 15.9. The second-order valence-corrected chi connectivity index (χ2v) is 9.44. The van der Waals surface area contributed by atoms with Crippen LogP contribution >= 0.6 is 0 Å². The molecule has 1 aliphatic heterocycles. The molecule has 3 heterocycles. The zero-order valence-corrected chi connectivity index (χ0v) is 17.5. The molecule has 3 N–H and O–H groups in total. The molecular formula is C22H21N5O3S. The van der Waals surface area contributed by atoms with Gasteiger partial charge in [-0.3, -0.25) is 14.7 Å². The lowest BCUT2D eigenvalue weighted by Crippen LogP contribution is -2.35. The van der Waals surface area contributed by atoms with Crippen molar-refractivity contribution in [3.05, 3.63) is 88.0 Å². The van der Waals surface area contributed by atoms with Crippen LogP contribution in [0.5, 0.6) is 0 Å². The molecule has 0 fully saturated rings. The Kier molecular flexibility index (Phi) is 4.64. The molecule has 0 spiro atoms. The summed E-state index contributed by atoms with van der Waals surface area (Å²) >= 11 is 0. The van der Waals surface area contributed by atoms with E-state index in [1.165, 1.54) is 3.97 Å². The number of nitrogens with two attached hydrogens (primary N) is 1. The van der Waals surface area contributed by atoms with E-state index in [2.05, 4.69) is 14.9 Å². The summed E-state index contributed by atoms with van der Waals surface area (Å²) in [5.41, 5.74) is 8.29. The molecule has 8 nitrogen and oxygen atoms in total. The number of hydrogen-bond acceptors (Lipinski definition) is 6. The van der Waals surface area contributed by atoms with Crippen molar-refractivity contribution in [3.63, 3.8) is 0 Å². The van der Waals surface area contributed by atoms with Gasteiger partial charge in [-0.25, -0.2) is 17.4 Å². The monoisotopic (exact) mass is 435 g/mol. The lowest BCUT2D eigenvalue weighted by atomic mass is 10.1. The number of hydrogen-bond donors (Lipinski definition) is 2. The minimum atomic E-state index is -3.73. The average Bonchev–Trinajstić information content (AvgIpc) is 3.14. The van der Waals surface area contributed by atoms with E-state index >= 15 is 0 Å². The molecule has 158 valence electrons. The topological polar surface area (TPSA) is 114 Å². The van der Waals surface area contributed by atoms with E-state index in [0.29, 0.717) is 37.1 Å². The minimum Gasteiger partial charge on any atom is -0.369 e. The molecule has 0 saturated carbocycles. The zero-order valence-electron chi connectivity index (χ0n) is 16.7. The van der Waals surface area contributed by atoms with Gasteiger partial charge in [-0.2, -0.15) is 0 Å². The normalized spacial score (nSPS) is 14.6. The smallest absolute Gasteiger partial charge is 0.268 e. The molecule has 0 atom stereocenters. The Bertz CT molecular complexity index is 1440. The van der Waals surface area contributed by atoms with Gasteiger partial charge in [0.25, 0.3) is 15.6 Å². The lowest BCUT2D eigenvalue weighted by molar-refractivity contribution is 0.242. The van der Waals surface area contributed by atoms with E-state index in [1.54, 1.807) is 36.5 Å². The predicted octanol–water partition coefficient (Wildman–Crippen LogP) is 2.10. The summed E-state index contributed by atoms with van der Waals surface area (Å²) in [4.78, 5) is 21.5. The van der Waals surface area contributed by atoms with Crippen LogP contribution < -0.4 is 11.3 Å². The number of fused-ring (bicyclic) bond motifs is 2. The molecule has 31 heavy (non-hydrogen) atoms. The summed E-state index contributed by atoms with van der Waals surface area (Å²) in [6.07, 6.45) is 2.30. The molecule has 0 radical (unpaired) electrons. The number of anilines is 1. The van der Waals surface area contributed by atoms with Gasteiger partial charge in [-0.15, -0.1) is 0 Å². The Balaban J connectivity index is 1.53. The molecule has 2 aromatic heterocycles. The van der Waals surface area contributed by atoms with Crippen LogP contribution in [0, 0.1) is 0 Å². The van der Waals surface area contributed by atoms with E-state index in [4.69, 9.17) is 5.73 Å². The molecule has 0 saturated heterocycles. The average molecular weight is 436 g/mol. The summed E-state index contributed by atoms with van der Waals surface area (Å²) in [6.45, 7) is 1.65. The quantitative estimate of drug-likeness (QED) is 0.507. The lowest BCUT2D eigenvalue weighted by Gasteiger charge is -2.27. The van der Waals surface area contributed by atoms with Gasteiger partial charge < -0.3 is 5.73 Å². The van der Waals surface area contributed by atoms with Crippen molar-refractivity contribution in [3.8, 4) is 0 Å². The summed E-state index contributed by atoms with van der Waals surface area (Å²) < 4.78 is 27.9. The number of aromatic nitrogens is 3. The highest BCUT2D eigenvalue weighted by Gasteiger charge is 2.24. The Morgan fingerprint density at radius 2 is 1.81 bits per heavy atom. The van der Waals surface area contributed by atoms with Crippen molar-refractivity contribution in [1.29, 1.82) is 0 Å². The largest absolute Gasteiger partial charge is 0.369 e. The second kappa shape index (κ2) is 7.36. The van der Waals surface area contributed by atoms with Gasteiger partial charge in [-0.1, -0.05) is 36.4 Å². The minimum absolute atomic E-state index is 0.131. The second-order valence-electron chi connectivity index (χ2n) is 7.62. The third kappa shape index (κ3) is 3.41. The van der Waals surface area contributed by atoms with Gasteiger partial charge in [0.2, 0.25) is 5.95 Å². The van der Waals surface area contributed by atoms with Crippen LogP contribution in [0.4, 0.5) is 5.95 Å². The predicted molar refractivity (Wildman–Crippen MR) is 118 cm³/mol. The van der Waals surface area contributed by atoms with Crippen LogP contribution in [-0.4, -0.2) is 33.8 Å². The number of benzene rings is 2. The van der Waals surface area contributed by atoms with E-state index in [0.717, 1.165) is 16.6 Å². The summed E-state index contributed by atoms with van der Waals surface area (Å²) in [5.74, 6) is 0.131. The maximum absolute atomic E-state index is 13.3. The van der Waals surface area contributed by atoms with Crippen molar-refractivity contribution in [2.45, 2.75) is 24.4 Å². The molecule has 1 aliphatic rings. The van der Waals surface area contributed by atoms with Gasteiger partial charge in [0.1, 0.15) is 0 Å². The van der Waals surface area contributed by atoms with Crippen LogP contribution in [0.15, 0.2) is 70.5 Å². The summed E-state index contributed by atoms with van der Waals surface area (Å²) in [7, 11) is -3.73. The fourth-order valence-corrected chi connectivity index (χ4v) is 5.54. The Labute approximate surface area is 179 Å². The van der Waals surface area contributed by atoms with Gasteiger partial charge in [0.15, 0.2) is 0 Å². The fraction of sp³-hybridized carbons (Fsp3) is 0.182. The van der Waals surface area contributed by atoms with Gasteiger partial charge in [-0.05, 0) is 23.8 Å². The molecule has 5 rings (SSSR count). The molecule has 9 heteroatoms. The SMILES string of the molecule is Nc1nc2c(c(=O)[nH]1)CN(Cc1cn(S(=O)(=O)c3ccccc3)c3ccccc13)CC2. The molecule has 4 aromatic rings. The van der Waals surface area contributed by atoms with Crippen LogP contribution in [0.25, 0.3) is 10.9 Å². The highest BCUT2D eigenvalue weighted by molar-refractivity contribution is 7.90. The molecule has 0 bridgehead atoms. The number of rotatable bonds is 4. The number of para-hydroxylation sites is 1. The standard InChI is InChI=1S/C22H21N5O3S/c23-22-24-19-10-11-26(14-18(19)21(28)25-22)12-15-13-27(20-9-5-4-8-17(15)20)31(29,30)16-6-2-1-3-7-16/h1-9,13H,10-12,14H2,(H3,23,24,25,28). The first-order valence-corrected chi connectivity index (χ1v) is 11.4. The van der Waals surface area contributed by atoms with Crippen LogP contribution in [0.1, 0.15) is 16.8 Å². The van der Waals surface area contributed by atoms with Crippen LogP contribution in [-0.2, 0) is 29.5 Å². The first kappa shape index (κ1) is 19.5.